The van der Waals surface area contributed by atoms with E-state index >= 15 is 0 Å². The molecule has 0 aromatic rings. The van der Waals surface area contributed by atoms with Gasteiger partial charge in [-0.3, -0.25) is 52.7 Å². The molecular formula is C62H104N4O12. The number of allylic oxidation sites excluding steroid dienone is 2. The third-order valence-corrected chi connectivity index (χ3v) is 15.3. The van der Waals surface area contributed by atoms with E-state index in [1.807, 2.05) is 74.5 Å². The molecule has 0 aromatic carbocycles. The SMILES string of the molecule is C/C=C/C[C@@H](C)[C@@H](O)[C@H]1CC(=O)[C@H](C(C)C)CC(=O)C(CC(C)C)CC(=O)[C@@H](CC(C)C)CC(=O)[C@@H](C)NC(=O)[C@H](C)NC(=O)[C@H](CC(C)C)CC(=O)[C@H](C(C)C)NC(=O)[C@H](CC(C)C)CC(=O)CCC(=O)[C@H](CC)NC1=O. The number of ketones is 7. The van der Waals surface area contributed by atoms with Crippen LogP contribution in [0.4, 0.5) is 0 Å². The van der Waals surface area contributed by atoms with Gasteiger partial charge < -0.3 is 26.4 Å². The van der Waals surface area contributed by atoms with E-state index in [0.29, 0.717) is 25.7 Å². The Balaban J connectivity index is 3.96. The number of hydrogen-bond acceptors (Lipinski definition) is 12. The topological polar surface area (TPSA) is 256 Å². The molecule has 1 heterocycles. The van der Waals surface area contributed by atoms with Gasteiger partial charge in [0.1, 0.15) is 29.2 Å². The summed E-state index contributed by atoms with van der Waals surface area (Å²) in [5.74, 6) is -11.9. The fourth-order valence-electron chi connectivity index (χ4n) is 10.6. The normalized spacial score (nSPS) is 28.0. The van der Waals surface area contributed by atoms with Crippen molar-refractivity contribution in [3.63, 3.8) is 0 Å². The smallest absolute Gasteiger partial charge is 0.242 e. The van der Waals surface area contributed by atoms with Crippen LogP contribution >= 0.6 is 0 Å². The zero-order chi connectivity index (χ0) is 59.9. The molecule has 12 atom stereocenters. The summed E-state index contributed by atoms with van der Waals surface area (Å²) in [5, 5.41) is 22.9. The first-order valence-corrected chi connectivity index (χ1v) is 29.4. The van der Waals surface area contributed by atoms with Gasteiger partial charge in [0.15, 0.2) is 17.3 Å². The predicted molar refractivity (Wildman–Crippen MR) is 304 cm³/mol. The number of carbonyl (C=O) groups is 11. The molecule has 5 N–H and O–H groups in total. The van der Waals surface area contributed by atoms with Gasteiger partial charge >= 0.3 is 0 Å². The Morgan fingerprint density at radius 2 is 0.910 bits per heavy atom. The summed E-state index contributed by atoms with van der Waals surface area (Å²) >= 11 is 0. The summed E-state index contributed by atoms with van der Waals surface area (Å²) in [5.41, 5.74) is 0. The van der Waals surface area contributed by atoms with Gasteiger partial charge in [0, 0.05) is 81.0 Å². The van der Waals surface area contributed by atoms with Crippen LogP contribution in [0.1, 0.15) is 208 Å². The van der Waals surface area contributed by atoms with Gasteiger partial charge in [0.05, 0.1) is 30.1 Å². The molecule has 78 heavy (non-hydrogen) atoms. The highest BCUT2D eigenvalue weighted by Gasteiger charge is 2.40. The average Bonchev–Trinajstić information content (AvgIpc) is 3.33. The molecule has 1 saturated heterocycles. The molecule has 1 fully saturated rings. The number of Topliss-reactive ketones (excluding diaryl/α,β-unsaturated/α-hetero) is 7. The third-order valence-electron chi connectivity index (χ3n) is 15.3. The maximum Gasteiger partial charge on any atom is 0.242 e. The molecule has 1 rings (SSSR count). The van der Waals surface area contributed by atoms with Crippen LogP contribution in [0.15, 0.2) is 12.2 Å². The van der Waals surface area contributed by atoms with E-state index in [2.05, 4.69) is 21.3 Å². The zero-order valence-corrected chi connectivity index (χ0v) is 50.9. The van der Waals surface area contributed by atoms with Crippen LogP contribution in [-0.2, 0) is 52.7 Å². The van der Waals surface area contributed by atoms with E-state index in [1.54, 1.807) is 41.5 Å². The zero-order valence-electron chi connectivity index (χ0n) is 50.9. The standard InChI is InChI=1S/C62H104N4O12/c1-18-20-21-40(15)58(74)49-33-55(72)48(38(11)12)32-54(71)44(25-35(5)6)30-53(70)43(24-34(3)4)29-52(69)41(16)63-59(75)42(17)64-60(76)46(27-37(9)10)31-56(73)57(39(13)14)66-61(77)45(26-36(7)8)28-47(67)22-23-51(68)50(19-2)65-62(49)78/h18,20,34-46,48-50,57-58,74H,19,21-33H2,1-17H3,(H,63,75)(H,64,76)(H,65,78)(H,66,77)/b20-18+/t40-,41-,42+,43+,44?,45-,46-,48+,49-,50+,57+,58-/m1/s1. The van der Waals surface area contributed by atoms with E-state index in [9.17, 15) is 57.8 Å². The average molecular weight is 1100 g/mol. The number of nitrogens with one attached hydrogen (secondary N) is 4. The lowest BCUT2D eigenvalue weighted by atomic mass is 9.76. The molecule has 0 aromatic heterocycles. The summed E-state index contributed by atoms with van der Waals surface area (Å²) in [6.45, 7) is 30.7. The molecule has 1 aliphatic heterocycles. The fraction of sp³-hybridized carbons (Fsp3) is 0.790. The molecule has 16 heteroatoms. The lowest BCUT2D eigenvalue weighted by molar-refractivity contribution is -0.139. The Hall–Kier alpha value is -4.73. The van der Waals surface area contributed by atoms with Crippen molar-refractivity contribution in [1.29, 1.82) is 0 Å². The Bertz CT molecular complexity index is 2060. The van der Waals surface area contributed by atoms with Crippen LogP contribution in [0, 0.1) is 76.9 Å². The van der Waals surface area contributed by atoms with E-state index in [1.165, 1.54) is 13.8 Å². The lowest BCUT2D eigenvalue weighted by Crippen LogP contribution is -2.51. The van der Waals surface area contributed by atoms with Crippen LogP contribution in [0.2, 0.25) is 0 Å². The first-order chi connectivity index (χ1) is 36.2. The van der Waals surface area contributed by atoms with Crippen LogP contribution in [0.25, 0.3) is 0 Å². The summed E-state index contributed by atoms with van der Waals surface area (Å²) in [7, 11) is 0. The first kappa shape index (κ1) is 71.3. The Morgan fingerprint density at radius 3 is 1.40 bits per heavy atom. The number of carbonyl (C=O) groups excluding carboxylic acids is 11. The molecule has 4 amide bonds. The van der Waals surface area contributed by atoms with E-state index in [0.717, 1.165) is 0 Å². The largest absolute Gasteiger partial charge is 0.392 e. The summed E-state index contributed by atoms with van der Waals surface area (Å²) in [4.78, 5) is 155. The highest BCUT2D eigenvalue weighted by atomic mass is 16.3. The van der Waals surface area contributed by atoms with Gasteiger partial charge in [-0.15, -0.1) is 0 Å². The van der Waals surface area contributed by atoms with Gasteiger partial charge in [0.2, 0.25) is 23.6 Å². The van der Waals surface area contributed by atoms with E-state index < -0.39 is 131 Å². The number of aliphatic hydroxyl groups excluding tert-OH is 1. The van der Waals surface area contributed by atoms with Crippen molar-refractivity contribution in [1.82, 2.24) is 21.3 Å². The van der Waals surface area contributed by atoms with E-state index in [-0.39, 0.29) is 105 Å². The fourth-order valence-corrected chi connectivity index (χ4v) is 10.6. The highest BCUT2D eigenvalue weighted by molar-refractivity contribution is 5.99. The molecule has 16 nitrogen and oxygen atoms in total. The second-order valence-corrected chi connectivity index (χ2v) is 25.3. The maximum absolute atomic E-state index is 14.5. The Morgan fingerprint density at radius 1 is 0.462 bits per heavy atom. The number of aliphatic hydroxyl groups is 1. The minimum absolute atomic E-state index is 0.00830. The van der Waals surface area contributed by atoms with Gasteiger partial charge in [0.25, 0.3) is 0 Å². The van der Waals surface area contributed by atoms with Crippen LogP contribution in [0.3, 0.4) is 0 Å². The molecule has 1 aliphatic rings. The highest BCUT2D eigenvalue weighted by Crippen LogP contribution is 2.31. The second kappa shape index (κ2) is 35.1. The van der Waals surface area contributed by atoms with Crippen molar-refractivity contribution >= 4 is 64.1 Å². The number of amides is 4. The minimum atomic E-state index is -1.32. The number of rotatable bonds is 15. The van der Waals surface area contributed by atoms with Crippen molar-refractivity contribution in [3.8, 4) is 0 Å². The van der Waals surface area contributed by atoms with Gasteiger partial charge in [-0.2, -0.15) is 0 Å². The van der Waals surface area contributed by atoms with Gasteiger partial charge in [-0.05, 0) is 101 Å². The van der Waals surface area contributed by atoms with Crippen LogP contribution in [0.5, 0.6) is 0 Å². The molecule has 0 radical (unpaired) electrons. The quantitative estimate of drug-likeness (QED) is 0.0966. The monoisotopic (exact) mass is 1100 g/mol. The molecule has 1 unspecified atom stereocenters. The summed E-state index contributed by atoms with van der Waals surface area (Å²) < 4.78 is 0. The first-order valence-electron chi connectivity index (χ1n) is 29.4. The van der Waals surface area contributed by atoms with Gasteiger partial charge in [-0.25, -0.2) is 0 Å². The Kier molecular flexibility index (Phi) is 32.1. The van der Waals surface area contributed by atoms with Gasteiger partial charge in [-0.1, -0.05) is 109 Å². The molecule has 0 aliphatic carbocycles. The molecular weight excluding hydrogens is 993 g/mol. The van der Waals surface area contributed by atoms with Crippen molar-refractivity contribution < 1.29 is 57.8 Å². The van der Waals surface area contributed by atoms with Crippen molar-refractivity contribution in [2.45, 2.75) is 238 Å². The number of hydrogen-bond donors (Lipinski definition) is 5. The molecule has 0 saturated carbocycles. The second-order valence-electron chi connectivity index (χ2n) is 25.3. The maximum atomic E-state index is 14.5. The van der Waals surface area contributed by atoms with Crippen LogP contribution < -0.4 is 21.3 Å². The third kappa shape index (κ3) is 25.2. The van der Waals surface area contributed by atoms with Crippen molar-refractivity contribution in [2.24, 2.45) is 76.9 Å². The minimum Gasteiger partial charge on any atom is -0.392 e. The Labute approximate surface area is 468 Å². The molecule has 0 spiro atoms. The van der Waals surface area contributed by atoms with Crippen LogP contribution in [-0.4, -0.2) is 99.5 Å². The van der Waals surface area contributed by atoms with Crippen molar-refractivity contribution in [3.05, 3.63) is 12.2 Å². The summed E-state index contributed by atoms with van der Waals surface area (Å²) in [6, 6.07) is -4.25. The predicted octanol–water partition coefficient (Wildman–Crippen LogP) is 8.65. The molecule has 0 bridgehead atoms. The summed E-state index contributed by atoms with van der Waals surface area (Å²) in [6.07, 6.45) is 2.16. The van der Waals surface area contributed by atoms with E-state index in [4.69, 9.17) is 0 Å². The lowest BCUT2D eigenvalue weighted by Gasteiger charge is -2.30. The molecule has 444 valence electrons. The van der Waals surface area contributed by atoms with Crippen molar-refractivity contribution in [2.75, 3.05) is 0 Å².